The number of halogens is 1. The van der Waals surface area contributed by atoms with E-state index in [1.807, 2.05) is 24.3 Å². The van der Waals surface area contributed by atoms with Gasteiger partial charge < -0.3 is 5.73 Å². The largest absolute Gasteiger partial charge is 0.383 e. The maximum Gasteiger partial charge on any atom is 0.162 e. The van der Waals surface area contributed by atoms with Crippen LogP contribution in [0, 0.1) is 5.82 Å². The highest BCUT2D eigenvalue weighted by Crippen LogP contribution is 2.26. The Labute approximate surface area is 116 Å². The van der Waals surface area contributed by atoms with Crippen LogP contribution in [0.4, 0.5) is 10.2 Å². The second-order valence-electron chi connectivity index (χ2n) is 4.60. The summed E-state index contributed by atoms with van der Waals surface area (Å²) >= 11 is 0. The molecule has 0 amide bonds. The van der Waals surface area contributed by atoms with Gasteiger partial charge in [-0.25, -0.2) is 14.4 Å². The Balaban J connectivity index is 2.25. The van der Waals surface area contributed by atoms with Gasteiger partial charge in [-0.1, -0.05) is 31.2 Å². The first-order valence-corrected chi connectivity index (χ1v) is 6.50. The molecule has 0 radical (unpaired) electrons. The molecular weight excluding hydrogens is 253 g/mol. The number of anilines is 1. The minimum atomic E-state index is -0.338. The highest BCUT2D eigenvalue weighted by molar-refractivity contribution is 5.89. The molecular formula is C16H14FN3. The molecule has 0 unspecified atom stereocenters. The number of aromatic nitrogens is 2. The predicted octanol–water partition coefficient (Wildman–Crippen LogP) is 3.58. The Morgan fingerprint density at radius 1 is 1.10 bits per heavy atom. The summed E-state index contributed by atoms with van der Waals surface area (Å²) < 4.78 is 13.2. The van der Waals surface area contributed by atoms with Crippen LogP contribution in [0.15, 0.2) is 42.5 Å². The summed E-state index contributed by atoms with van der Waals surface area (Å²) in [5.74, 6) is 0.545. The third-order valence-electron chi connectivity index (χ3n) is 3.33. The average molecular weight is 267 g/mol. The van der Waals surface area contributed by atoms with E-state index in [-0.39, 0.29) is 5.82 Å². The summed E-state index contributed by atoms with van der Waals surface area (Å²) in [6.45, 7) is 2.08. The monoisotopic (exact) mass is 267 g/mol. The number of fused-ring (bicyclic) bond motifs is 1. The lowest BCUT2D eigenvalue weighted by atomic mass is 10.0. The third-order valence-corrected chi connectivity index (χ3v) is 3.33. The molecule has 0 bridgehead atoms. The average Bonchev–Trinajstić information content (AvgIpc) is 2.47. The number of nitrogens with two attached hydrogens (primary N) is 1. The number of nitrogen functional groups attached to an aromatic ring is 1. The summed E-state index contributed by atoms with van der Waals surface area (Å²) in [7, 11) is 0. The van der Waals surface area contributed by atoms with E-state index in [1.165, 1.54) is 12.1 Å². The molecule has 0 saturated carbocycles. The van der Waals surface area contributed by atoms with Crippen molar-refractivity contribution in [1.82, 2.24) is 9.97 Å². The van der Waals surface area contributed by atoms with E-state index in [9.17, 15) is 4.39 Å². The summed E-state index contributed by atoms with van der Waals surface area (Å²) in [5.41, 5.74) is 8.72. The molecule has 3 rings (SSSR count). The third kappa shape index (κ3) is 2.09. The molecule has 1 heterocycles. The van der Waals surface area contributed by atoms with Gasteiger partial charge in [0, 0.05) is 10.9 Å². The molecule has 3 aromatic rings. The zero-order valence-corrected chi connectivity index (χ0v) is 11.1. The lowest BCUT2D eigenvalue weighted by Gasteiger charge is -2.09. The van der Waals surface area contributed by atoms with Gasteiger partial charge in [-0.2, -0.15) is 0 Å². The van der Waals surface area contributed by atoms with Crippen LogP contribution in [0.1, 0.15) is 12.5 Å². The topological polar surface area (TPSA) is 51.8 Å². The maximum absolute atomic E-state index is 13.2. The number of benzene rings is 2. The van der Waals surface area contributed by atoms with Crippen LogP contribution >= 0.6 is 0 Å². The van der Waals surface area contributed by atoms with Crippen LogP contribution in [0.25, 0.3) is 22.3 Å². The quantitative estimate of drug-likeness (QED) is 0.772. The van der Waals surface area contributed by atoms with Crippen molar-refractivity contribution in [3.05, 3.63) is 53.8 Å². The number of nitrogens with zero attached hydrogens (tertiary/aromatic N) is 2. The molecule has 2 aromatic carbocycles. The Hall–Kier alpha value is -2.49. The Morgan fingerprint density at radius 3 is 2.70 bits per heavy atom. The van der Waals surface area contributed by atoms with Gasteiger partial charge in [0.1, 0.15) is 11.6 Å². The molecule has 3 nitrogen and oxygen atoms in total. The molecule has 4 heteroatoms. The Kier molecular flexibility index (Phi) is 3.06. The maximum atomic E-state index is 13.2. The molecule has 100 valence electrons. The summed E-state index contributed by atoms with van der Waals surface area (Å²) in [6, 6.07) is 12.3. The minimum Gasteiger partial charge on any atom is -0.383 e. The number of hydrogen-bond donors (Lipinski definition) is 1. The molecule has 0 aliphatic rings. The lowest BCUT2D eigenvalue weighted by molar-refractivity contribution is 0.629. The van der Waals surface area contributed by atoms with Crippen LogP contribution < -0.4 is 5.73 Å². The van der Waals surface area contributed by atoms with E-state index in [0.29, 0.717) is 22.5 Å². The minimum absolute atomic E-state index is 0.301. The van der Waals surface area contributed by atoms with Gasteiger partial charge in [-0.15, -0.1) is 0 Å². The SMILES string of the molecule is CCc1ccccc1-c1nc(N)c2cc(F)ccc2n1. The van der Waals surface area contributed by atoms with E-state index in [4.69, 9.17) is 5.73 Å². The Morgan fingerprint density at radius 2 is 1.90 bits per heavy atom. The highest BCUT2D eigenvalue weighted by Gasteiger charge is 2.10. The molecule has 0 aliphatic carbocycles. The molecule has 20 heavy (non-hydrogen) atoms. The molecule has 0 aliphatic heterocycles. The van der Waals surface area contributed by atoms with Crippen LogP contribution in [0.2, 0.25) is 0 Å². The van der Waals surface area contributed by atoms with E-state index in [0.717, 1.165) is 17.5 Å². The van der Waals surface area contributed by atoms with Crippen molar-refractivity contribution in [3.8, 4) is 11.4 Å². The van der Waals surface area contributed by atoms with E-state index in [1.54, 1.807) is 6.07 Å². The molecule has 0 saturated heterocycles. The van der Waals surface area contributed by atoms with Gasteiger partial charge in [-0.3, -0.25) is 0 Å². The van der Waals surface area contributed by atoms with Crippen molar-refractivity contribution in [2.24, 2.45) is 0 Å². The number of hydrogen-bond acceptors (Lipinski definition) is 3. The first-order chi connectivity index (χ1) is 9.69. The highest BCUT2D eigenvalue weighted by atomic mass is 19.1. The van der Waals surface area contributed by atoms with Crippen LogP contribution in [-0.4, -0.2) is 9.97 Å². The number of rotatable bonds is 2. The van der Waals surface area contributed by atoms with Crippen LogP contribution in [0.3, 0.4) is 0 Å². The van der Waals surface area contributed by atoms with Gasteiger partial charge in [0.05, 0.1) is 5.52 Å². The molecule has 1 aromatic heterocycles. The first kappa shape index (κ1) is 12.5. The fourth-order valence-electron chi connectivity index (χ4n) is 2.29. The molecule has 0 atom stereocenters. The van der Waals surface area contributed by atoms with E-state index in [2.05, 4.69) is 16.9 Å². The van der Waals surface area contributed by atoms with Crippen LogP contribution in [-0.2, 0) is 6.42 Å². The first-order valence-electron chi connectivity index (χ1n) is 6.50. The second-order valence-corrected chi connectivity index (χ2v) is 4.60. The number of aryl methyl sites for hydroxylation is 1. The predicted molar refractivity (Wildman–Crippen MR) is 78.7 cm³/mol. The van der Waals surface area contributed by atoms with Crippen molar-refractivity contribution in [2.75, 3.05) is 5.73 Å². The van der Waals surface area contributed by atoms with Crippen LogP contribution in [0.5, 0.6) is 0 Å². The summed E-state index contributed by atoms with van der Waals surface area (Å²) in [6.07, 6.45) is 0.890. The van der Waals surface area contributed by atoms with Crippen molar-refractivity contribution in [2.45, 2.75) is 13.3 Å². The van der Waals surface area contributed by atoms with Crippen molar-refractivity contribution in [3.63, 3.8) is 0 Å². The van der Waals surface area contributed by atoms with E-state index < -0.39 is 0 Å². The zero-order chi connectivity index (χ0) is 14.1. The van der Waals surface area contributed by atoms with E-state index >= 15 is 0 Å². The normalized spacial score (nSPS) is 10.9. The smallest absolute Gasteiger partial charge is 0.162 e. The van der Waals surface area contributed by atoms with Gasteiger partial charge in [0.2, 0.25) is 0 Å². The van der Waals surface area contributed by atoms with Gasteiger partial charge in [0.25, 0.3) is 0 Å². The van der Waals surface area contributed by atoms with Gasteiger partial charge in [0.15, 0.2) is 5.82 Å². The molecule has 2 N–H and O–H groups in total. The summed E-state index contributed by atoms with van der Waals surface area (Å²) in [5, 5.41) is 0.544. The van der Waals surface area contributed by atoms with Gasteiger partial charge >= 0.3 is 0 Å². The van der Waals surface area contributed by atoms with Crippen molar-refractivity contribution < 1.29 is 4.39 Å². The molecule has 0 fully saturated rings. The molecule has 0 spiro atoms. The fourth-order valence-corrected chi connectivity index (χ4v) is 2.29. The lowest BCUT2D eigenvalue weighted by Crippen LogP contribution is -2.00. The zero-order valence-electron chi connectivity index (χ0n) is 11.1. The van der Waals surface area contributed by atoms with Gasteiger partial charge in [-0.05, 0) is 30.2 Å². The fraction of sp³-hybridized carbons (Fsp3) is 0.125. The summed E-state index contributed by atoms with van der Waals surface area (Å²) in [4.78, 5) is 8.82. The Bertz CT molecular complexity index is 784. The van der Waals surface area contributed by atoms with Crippen molar-refractivity contribution >= 4 is 16.7 Å². The second kappa shape index (κ2) is 4.89. The standard InChI is InChI=1S/C16H14FN3/c1-2-10-5-3-4-6-12(10)16-19-14-8-7-11(17)9-13(14)15(18)20-16/h3-9H,2H2,1H3,(H2,18,19,20). The van der Waals surface area contributed by atoms with Crippen molar-refractivity contribution in [1.29, 1.82) is 0 Å².